The van der Waals surface area contributed by atoms with E-state index in [1.165, 1.54) is 48.5 Å². The van der Waals surface area contributed by atoms with Crippen LogP contribution in [0.1, 0.15) is 16.7 Å². The maximum atomic E-state index is 13.3. The third kappa shape index (κ3) is 6.89. The molecule has 4 amide bonds. The molecule has 0 saturated carbocycles. The SMILES string of the molecule is Cc1ccc(S(=O)(=O)Oc2ccc(/C=C3\C(=O)NC(=O)N(c4ccc(OCc5ccc(Cl)cc5Cl)cc4)C3=O)cc2Cl)cc1. The summed E-state index contributed by atoms with van der Waals surface area (Å²) in [4.78, 5) is 39.3. The molecule has 0 radical (unpaired) electrons. The van der Waals surface area contributed by atoms with Gasteiger partial charge in [0.15, 0.2) is 5.75 Å². The van der Waals surface area contributed by atoms with Crippen molar-refractivity contribution < 1.29 is 31.7 Å². The fourth-order valence-electron chi connectivity index (χ4n) is 4.10. The molecule has 0 atom stereocenters. The number of anilines is 1. The lowest BCUT2D eigenvalue weighted by Crippen LogP contribution is -2.54. The number of benzene rings is 4. The van der Waals surface area contributed by atoms with Crippen molar-refractivity contribution in [2.24, 2.45) is 0 Å². The Bertz CT molecular complexity index is 1930. The second kappa shape index (κ2) is 12.7. The van der Waals surface area contributed by atoms with Gasteiger partial charge in [-0.15, -0.1) is 0 Å². The van der Waals surface area contributed by atoms with E-state index in [1.54, 1.807) is 42.5 Å². The zero-order chi connectivity index (χ0) is 31.6. The highest BCUT2D eigenvalue weighted by Crippen LogP contribution is 2.31. The highest BCUT2D eigenvalue weighted by atomic mass is 35.5. The summed E-state index contributed by atoms with van der Waals surface area (Å²) in [5, 5.41) is 3.01. The van der Waals surface area contributed by atoms with Gasteiger partial charge in [-0.1, -0.05) is 64.6 Å². The molecule has 1 saturated heterocycles. The number of imide groups is 2. The molecule has 0 aromatic heterocycles. The smallest absolute Gasteiger partial charge is 0.339 e. The van der Waals surface area contributed by atoms with Crippen LogP contribution in [0.2, 0.25) is 15.1 Å². The summed E-state index contributed by atoms with van der Waals surface area (Å²) < 4.78 is 36.3. The molecular weight excluding hydrogens is 651 g/mol. The number of hydrogen-bond donors (Lipinski definition) is 1. The van der Waals surface area contributed by atoms with Crippen LogP contribution in [0.3, 0.4) is 0 Å². The molecule has 1 fully saturated rings. The number of nitrogens with one attached hydrogen (secondary N) is 1. The topological polar surface area (TPSA) is 119 Å². The van der Waals surface area contributed by atoms with E-state index < -0.39 is 28.0 Å². The summed E-state index contributed by atoms with van der Waals surface area (Å²) in [6, 6.07) is 20.3. The quantitative estimate of drug-likeness (QED) is 0.122. The van der Waals surface area contributed by atoms with Gasteiger partial charge >= 0.3 is 16.1 Å². The first-order chi connectivity index (χ1) is 20.9. The zero-order valence-electron chi connectivity index (χ0n) is 22.7. The summed E-state index contributed by atoms with van der Waals surface area (Å²) >= 11 is 18.4. The highest BCUT2D eigenvalue weighted by Gasteiger charge is 2.37. The van der Waals surface area contributed by atoms with Crippen molar-refractivity contribution in [2.75, 3.05) is 4.90 Å². The number of barbiturate groups is 1. The Labute approximate surface area is 267 Å². The fraction of sp³-hybridized carbons (Fsp3) is 0.0645. The van der Waals surface area contributed by atoms with Crippen molar-refractivity contribution in [3.05, 3.63) is 122 Å². The predicted molar refractivity (Wildman–Crippen MR) is 167 cm³/mol. The molecule has 1 aliphatic rings. The van der Waals surface area contributed by atoms with E-state index in [-0.39, 0.29) is 39.1 Å². The maximum Gasteiger partial charge on any atom is 0.339 e. The van der Waals surface area contributed by atoms with Crippen molar-refractivity contribution in [3.8, 4) is 11.5 Å². The summed E-state index contributed by atoms with van der Waals surface area (Å²) in [5.74, 6) is -1.49. The number of carbonyl (C=O) groups excluding carboxylic acids is 3. The number of amides is 4. The molecule has 0 bridgehead atoms. The largest absolute Gasteiger partial charge is 0.489 e. The number of urea groups is 1. The predicted octanol–water partition coefficient (Wildman–Crippen LogP) is 6.97. The van der Waals surface area contributed by atoms with Gasteiger partial charge in [0, 0.05) is 15.6 Å². The van der Waals surface area contributed by atoms with Crippen LogP contribution in [-0.4, -0.2) is 26.3 Å². The summed E-state index contributed by atoms with van der Waals surface area (Å²) in [6.07, 6.45) is 1.23. The summed E-state index contributed by atoms with van der Waals surface area (Å²) in [7, 11) is -4.16. The molecule has 13 heteroatoms. The number of hydrogen-bond acceptors (Lipinski definition) is 7. The molecule has 5 rings (SSSR count). The zero-order valence-corrected chi connectivity index (χ0v) is 25.8. The third-order valence-corrected chi connectivity index (χ3v) is 8.51. The molecule has 1 heterocycles. The minimum atomic E-state index is -4.16. The van der Waals surface area contributed by atoms with Gasteiger partial charge in [0.25, 0.3) is 11.8 Å². The summed E-state index contributed by atoms with van der Waals surface area (Å²) in [5.41, 5.74) is 1.72. The number of carbonyl (C=O) groups is 3. The minimum Gasteiger partial charge on any atom is -0.489 e. The molecule has 0 unspecified atom stereocenters. The second-order valence-corrected chi connectivity index (χ2v) is 12.3. The van der Waals surface area contributed by atoms with Gasteiger partial charge in [-0.05, 0) is 79.2 Å². The molecule has 44 heavy (non-hydrogen) atoms. The first-order valence-electron chi connectivity index (χ1n) is 12.8. The van der Waals surface area contributed by atoms with E-state index in [0.29, 0.717) is 21.4 Å². The average molecular weight is 672 g/mol. The number of halogens is 3. The van der Waals surface area contributed by atoms with E-state index >= 15 is 0 Å². The van der Waals surface area contributed by atoms with Gasteiger partial charge in [0.1, 0.15) is 22.8 Å². The van der Waals surface area contributed by atoms with Gasteiger partial charge in [-0.25, -0.2) is 9.69 Å². The normalized spacial score (nSPS) is 14.5. The molecular formula is C31H21Cl3N2O7S. The molecule has 0 spiro atoms. The number of ether oxygens (including phenoxy) is 1. The second-order valence-electron chi connectivity index (χ2n) is 9.52. The highest BCUT2D eigenvalue weighted by molar-refractivity contribution is 7.87. The van der Waals surface area contributed by atoms with Crippen molar-refractivity contribution in [3.63, 3.8) is 0 Å². The lowest BCUT2D eigenvalue weighted by atomic mass is 10.1. The third-order valence-electron chi connectivity index (χ3n) is 6.38. The van der Waals surface area contributed by atoms with E-state index in [9.17, 15) is 22.8 Å². The Morgan fingerprint density at radius 2 is 1.55 bits per heavy atom. The number of rotatable bonds is 8. The van der Waals surface area contributed by atoms with Crippen molar-refractivity contribution >= 4 is 74.5 Å². The minimum absolute atomic E-state index is 0.0508. The lowest BCUT2D eigenvalue weighted by Gasteiger charge is -2.26. The van der Waals surface area contributed by atoms with E-state index in [4.69, 9.17) is 43.7 Å². The lowest BCUT2D eigenvalue weighted by molar-refractivity contribution is -0.122. The van der Waals surface area contributed by atoms with Crippen LogP contribution >= 0.6 is 34.8 Å². The Morgan fingerprint density at radius 1 is 0.841 bits per heavy atom. The van der Waals surface area contributed by atoms with Crippen molar-refractivity contribution in [1.29, 1.82) is 0 Å². The number of nitrogens with zero attached hydrogens (tertiary/aromatic N) is 1. The molecule has 1 aliphatic heterocycles. The Morgan fingerprint density at radius 3 is 2.20 bits per heavy atom. The van der Waals surface area contributed by atoms with Gasteiger partial charge in [-0.2, -0.15) is 8.42 Å². The molecule has 4 aromatic carbocycles. The first-order valence-corrected chi connectivity index (χ1v) is 15.3. The van der Waals surface area contributed by atoms with E-state index in [1.807, 2.05) is 6.92 Å². The van der Waals surface area contributed by atoms with Gasteiger partial charge in [0.05, 0.1) is 10.7 Å². The first kappa shape index (κ1) is 31.1. The van der Waals surface area contributed by atoms with E-state index in [2.05, 4.69) is 5.32 Å². The van der Waals surface area contributed by atoms with Crippen molar-refractivity contribution in [1.82, 2.24) is 5.32 Å². The van der Waals surface area contributed by atoms with Crippen LogP contribution < -0.4 is 19.1 Å². The monoisotopic (exact) mass is 670 g/mol. The van der Waals surface area contributed by atoms with Gasteiger partial charge < -0.3 is 8.92 Å². The van der Waals surface area contributed by atoms with Crippen molar-refractivity contribution in [2.45, 2.75) is 18.4 Å². The average Bonchev–Trinajstić information content (AvgIpc) is 2.97. The molecule has 1 N–H and O–H groups in total. The standard InChI is InChI=1S/C31H21Cl3N2O7S/c1-18-2-11-24(12-3-18)44(40,41)43-28-13-4-19(15-27(28)34)14-25-29(37)35-31(39)36(30(25)38)22-7-9-23(10-8-22)42-17-20-5-6-21(32)16-26(20)33/h2-16H,17H2,1H3,(H,35,37,39)/b25-14+. The van der Waals surface area contributed by atoms with Crippen LogP contribution in [-0.2, 0) is 26.3 Å². The Balaban J connectivity index is 1.32. The molecule has 0 aliphatic carbocycles. The molecule has 9 nitrogen and oxygen atoms in total. The van der Waals surface area contributed by atoms with Crippen LogP contribution in [0.15, 0.2) is 95.4 Å². The van der Waals surface area contributed by atoms with Crippen LogP contribution in [0, 0.1) is 6.92 Å². The Kier molecular flexibility index (Phi) is 8.98. The molecule has 224 valence electrons. The van der Waals surface area contributed by atoms with Crippen LogP contribution in [0.5, 0.6) is 11.5 Å². The van der Waals surface area contributed by atoms with Gasteiger partial charge in [0.2, 0.25) is 0 Å². The van der Waals surface area contributed by atoms with Crippen LogP contribution in [0.25, 0.3) is 6.08 Å². The van der Waals surface area contributed by atoms with E-state index in [0.717, 1.165) is 10.5 Å². The fourth-order valence-corrected chi connectivity index (χ4v) is 5.78. The maximum absolute atomic E-state index is 13.3. The summed E-state index contributed by atoms with van der Waals surface area (Å²) in [6.45, 7) is 1.98. The van der Waals surface area contributed by atoms with Gasteiger partial charge in [-0.3, -0.25) is 14.9 Å². The molecule has 4 aromatic rings. The number of aryl methyl sites for hydroxylation is 1. The van der Waals surface area contributed by atoms with Crippen LogP contribution in [0.4, 0.5) is 10.5 Å². The Hall–Kier alpha value is -4.35.